The molecule has 0 saturated carbocycles. The van der Waals surface area contributed by atoms with E-state index in [-0.39, 0.29) is 24.0 Å². The van der Waals surface area contributed by atoms with Crippen molar-refractivity contribution < 1.29 is 23.9 Å². The lowest BCUT2D eigenvalue weighted by Crippen LogP contribution is -2.30. The number of thiophene rings is 1. The van der Waals surface area contributed by atoms with Crippen LogP contribution in [0.5, 0.6) is 0 Å². The van der Waals surface area contributed by atoms with E-state index >= 15 is 0 Å². The van der Waals surface area contributed by atoms with Gasteiger partial charge in [0.15, 0.2) is 0 Å². The van der Waals surface area contributed by atoms with Gasteiger partial charge < -0.3 is 20.7 Å². The van der Waals surface area contributed by atoms with Crippen molar-refractivity contribution in [1.29, 1.82) is 0 Å². The Bertz CT molecular complexity index is 2070. The lowest BCUT2D eigenvalue weighted by molar-refractivity contribution is -0.114. The van der Waals surface area contributed by atoms with Crippen molar-refractivity contribution in [2.24, 2.45) is 0 Å². The van der Waals surface area contributed by atoms with E-state index < -0.39 is 17.8 Å². The average Bonchev–Trinajstić information content (AvgIpc) is 3.30. The number of amides is 3. The van der Waals surface area contributed by atoms with Crippen LogP contribution in [0, 0.1) is 0 Å². The first-order valence-corrected chi connectivity index (χ1v) is 18.4. The molecular formula is C40H37N3O5S2. The molecule has 254 valence electrons. The number of benzene rings is 4. The van der Waals surface area contributed by atoms with Crippen molar-refractivity contribution >= 4 is 74.3 Å². The summed E-state index contributed by atoms with van der Waals surface area (Å²) in [6.07, 6.45) is 6.56. The Hall–Kier alpha value is -5.19. The van der Waals surface area contributed by atoms with Gasteiger partial charge in [-0.25, -0.2) is 4.79 Å². The highest BCUT2D eigenvalue weighted by Crippen LogP contribution is 2.38. The Balaban J connectivity index is 1.17. The number of esters is 1. The second kappa shape index (κ2) is 16.5. The van der Waals surface area contributed by atoms with Gasteiger partial charge in [0, 0.05) is 21.0 Å². The first kappa shape index (κ1) is 34.7. The first-order valence-electron chi connectivity index (χ1n) is 16.6. The summed E-state index contributed by atoms with van der Waals surface area (Å²) >= 11 is 2.78. The highest BCUT2D eigenvalue weighted by atomic mass is 32.2. The summed E-state index contributed by atoms with van der Waals surface area (Å²) in [6, 6.07) is 29.5. The number of ether oxygens (including phenoxy) is 1. The third-order valence-electron chi connectivity index (χ3n) is 8.27. The summed E-state index contributed by atoms with van der Waals surface area (Å²) in [5.41, 5.74) is 3.29. The Labute approximate surface area is 299 Å². The quantitative estimate of drug-likeness (QED) is 0.0551. The zero-order valence-electron chi connectivity index (χ0n) is 27.6. The molecule has 50 heavy (non-hydrogen) atoms. The zero-order valence-corrected chi connectivity index (χ0v) is 29.3. The molecule has 0 fully saturated rings. The van der Waals surface area contributed by atoms with Crippen LogP contribution in [0.3, 0.4) is 0 Å². The lowest BCUT2D eigenvalue weighted by Gasteiger charge is -2.13. The smallest absolute Gasteiger partial charge is 0.341 e. The van der Waals surface area contributed by atoms with Crippen LogP contribution in [0.4, 0.5) is 10.7 Å². The average molecular weight is 704 g/mol. The van der Waals surface area contributed by atoms with Gasteiger partial charge in [0.25, 0.3) is 11.8 Å². The van der Waals surface area contributed by atoms with Crippen LogP contribution in [0.1, 0.15) is 62.9 Å². The molecule has 0 unspecified atom stereocenters. The van der Waals surface area contributed by atoms with Crippen molar-refractivity contribution in [3.8, 4) is 0 Å². The van der Waals surface area contributed by atoms with E-state index in [1.165, 1.54) is 23.1 Å². The van der Waals surface area contributed by atoms with Gasteiger partial charge in [-0.1, -0.05) is 73.2 Å². The van der Waals surface area contributed by atoms with Gasteiger partial charge in [0.2, 0.25) is 5.91 Å². The molecule has 0 saturated heterocycles. The Kier molecular flexibility index (Phi) is 11.4. The molecule has 3 amide bonds. The largest absolute Gasteiger partial charge is 0.462 e. The number of hydrogen-bond acceptors (Lipinski definition) is 7. The molecule has 1 heterocycles. The predicted molar refractivity (Wildman–Crippen MR) is 202 cm³/mol. The van der Waals surface area contributed by atoms with E-state index in [1.54, 1.807) is 55.5 Å². The number of anilines is 2. The topological polar surface area (TPSA) is 114 Å². The van der Waals surface area contributed by atoms with E-state index in [2.05, 4.69) is 16.0 Å². The number of fused-ring (bicyclic) bond motifs is 2. The molecule has 10 heteroatoms. The van der Waals surface area contributed by atoms with Gasteiger partial charge in [-0.05, 0) is 90.9 Å². The molecule has 8 nitrogen and oxygen atoms in total. The van der Waals surface area contributed by atoms with Crippen molar-refractivity contribution in [3.63, 3.8) is 0 Å². The molecule has 1 aliphatic carbocycles. The van der Waals surface area contributed by atoms with Crippen LogP contribution in [0.2, 0.25) is 0 Å². The van der Waals surface area contributed by atoms with Crippen molar-refractivity contribution in [1.82, 2.24) is 5.32 Å². The normalized spacial score (nSPS) is 12.8. The highest BCUT2D eigenvalue weighted by molar-refractivity contribution is 8.00. The first-order chi connectivity index (χ1) is 24.4. The monoisotopic (exact) mass is 703 g/mol. The number of carbonyl (C=O) groups excluding carboxylic acids is 4. The van der Waals surface area contributed by atoms with E-state index in [4.69, 9.17) is 4.74 Å². The number of carbonyl (C=O) groups is 4. The van der Waals surface area contributed by atoms with Gasteiger partial charge in [-0.3, -0.25) is 14.4 Å². The Morgan fingerprint density at radius 1 is 0.840 bits per heavy atom. The van der Waals surface area contributed by atoms with E-state index in [0.717, 1.165) is 63.8 Å². The molecule has 6 rings (SSSR count). The predicted octanol–water partition coefficient (Wildman–Crippen LogP) is 8.49. The minimum Gasteiger partial charge on any atom is -0.462 e. The maximum Gasteiger partial charge on any atom is 0.341 e. The molecule has 5 aromatic rings. The number of rotatable bonds is 11. The molecule has 0 spiro atoms. The second-order valence-electron chi connectivity index (χ2n) is 11.8. The fourth-order valence-electron chi connectivity index (χ4n) is 5.90. The minimum absolute atomic E-state index is 0.0828. The third-order valence-corrected chi connectivity index (χ3v) is 10.5. The highest BCUT2D eigenvalue weighted by Gasteiger charge is 2.26. The van der Waals surface area contributed by atoms with E-state index in [9.17, 15) is 19.2 Å². The van der Waals surface area contributed by atoms with Gasteiger partial charge in [0.05, 0.1) is 17.9 Å². The van der Waals surface area contributed by atoms with Crippen LogP contribution >= 0.6 is 23.1 Å². The molecule has 0 aliphatic heterocycles. The minimum atomic E-state index is -0.494. The van der Waals surface area contributed by atoms with Crippen LogP contribution in [0.25, 0.3) is 16.8 Å². The van der Waals surface area contributed by atoms with Gasteiger partial charge in [0.1, 0.15) is 10.7 Å². The summed E-state index contributed by atoms with van der Waals surface area (Å²) in [7, 11) is 0. The molecule has 0 radical (unpaired) electrons. The molecule has 4 aromatic carbocycles. The fourth-order valence-corrected chi connectivity index (χ4v) is 7.95. The lowest BCUT2D eigenvalue weighted by atomic mass is 10.0. The van der Waals surface area contributed by atoms with Gasteiger partial charge in [-0.2, -0.15) is 0 Å². The SMILES string of the molecule is CCOC(=O)c1c(NC(=O)CSc2cccc(NC(=O)/C(=C\c3cccc4ccccc34)NC(=O)c3ccccc3)c2)sc2c1CCCCC2. The Morgan fingerprint density at radius 3 is 2.44 bits per heavy atom. The van der Waals surface area contributed by atoms with Crippen LogP contribution in [0.15, 0.2) is 108 Å². The van der Waals surface area contributed by atoms with Crippen molar-refractivity contribution in [3.05, 3.63) is 130 Å². The molecule has 1 aliphatic rings. The number of thioether (sulfide) groups is 1. The fraction of sp³-hybridized carbons (Fsp3) is 0.200. The van der Waals surface area contributed by atoms with Crippen molar-refractivity contribution in [2.75, 3.05) is 23.0 Å². The van der Waals surface area contributed by atoms with Crippen LogP contribution < -0.4 is 16.0 Å². The summed E-state index contributed by atoms with van der Waals surface area (Å²) in [6.45, 7) is 2.04. The molecule has 0 bridgehead atoms. The van der Waals surface area contributed by atoms with E-state index in [0.29, 0.717) is 21.8 Å². The molecule has 1 aromatic heterocycles. The van der Waals surface area contributed by atoms with Gasteiger partial charge >= 0.3 is 5.97 Å². The molecule has 0 atom stereocenters. The number of aryl methyl sites for hydroxylation is 1. The standard InChI is InChI=1S/C40H37N3O5S2/c1-2-48-40(47)36-32-21-7-4-8-22-34(32)50-39(36)43-35(44)25-49-30-19-12-18-29(24-30)41-38(46)33(42-37(45)27-14-5-3-6-15-27)23-28-17-11-16-26-13-9-10-20-31(26)28/h3,5-6,9-20,23-24H,2,4,7-8,21-22,25H2,1H3,(H,41,46)(H,42,45)(H,43,44)/b33-23+. The van der Waals surface area contributed by atoms with Gasteiger partial charge in [-0.15, -0.1) is 23.1 Å². The molecular weight excluding hydrogens is 667 g/mol. The van der Waals surface area contributed by atoms with Crippen LogP contribution in [-0.2, 0) is 27.2 Å². The maximum absolute atomic E-state index is 13.7. The van der Waals surface area contributed by atoms with Crippen LogP contribution in [-0.4, -0.2) is 36.1 Å². The second-order valence-corrected chi connectivity index (χ2v) is 13.9. The summed E-state index contributed by atoms with van der Waals surface area (Å²) in [4.78, 5) is 54.9. The zero-order chi connectivity index (χ0) is 34.9. The summed E-state index contributed by atoms with van der Waals surface area (Å²) < 4.78 is 5.35. The number of hydrogen-bond donors (Lipinski definition) is 3. The van der Waals surface area contributed by atoms with Crippen molar-refractivity contribution in [2.45, 2.75) is 43.9 Å². The third kappa shape index (κ3) is 8.50. The number of nitrogens with one attached hydrogen (secondary N) is 3. The Morgan fingerprint density at radius 2 is 1.60 bits per heavy atom. The summed E-state index contributed by atoms with van der Waals surface area (Å²) in [5, 5.41) is 11.2. The van der Waals surface area contributed by atoms with E-state index in [1.807, 2.05) is 54.6 Å². The maximum atomic E-state index is 13.7. The molecule has 3 N–H and O–H groups in total. The summed E-state index contributed by atoms with van der Waals surface area (Å²) in [5.74, 6) is -1.44.